The van der Waals surface area contributed by atoms with E-state index in [9.17, 15) is 9.59 Å². The van der Waals surface area contributed by atoms with Crippen LogP contribution >= 0.6 is 0 Å². The van der Waals surface area contributed by atoms with Gasteiger partial charge in [-0.05, 0) is 37.5 Å². The Labute approximate surface area is 124 Å². The van der Waals surface area contributed by atoms with Gasteiger partial charge in [0.25, 0.3) is 0 Å². The number of piperidine rings is 1. The third-order valence-electron chi connectivity index (χ3n) is 3.46. The summed E-state index contributed by atoms with van der Waals surface area (Å²) in [4.78, 5) is 29.6. The third kappa shape index (κ3) is 4.41. The van der Waals surface area contributed by atoms with E-state index in [4.69, 9.17) is 4.74 Å². The minimum Gasteiger partial charge on any atom is -0.466 e. The lowest BCUT2D eigenvalue weighted by molar-refractivity contribution is -0.150. The van der Waals surface area contributed by atoms with Crippen molar-refractivity contribution in [2.75, 3.05) is 19.7 Å². The van der Waals surface area contributed by atoms with Crippen molar-refractivity contribution in [1.29, 1.82) is 0 Å². The van der Waals surface area contributed by atoms with E-state index in [1.54, 1.807) is 30.3 Å². The first-order valence-electron chi connectivity index (χ1n) is 7.24. The highest BCUT2D eigenvalue weighted by atomic mass is 16.5. The summed E-state index contributed by atoms with van der Waals surface area (Å²) in [6.07, 6.45) is 8.27. The number of ether oxygens (including phenoxy) is 1. The Kier molecular flexibility index (Phi) is 5.49. The monoisotopic (exact) mass is 288 g/mol. The quantitative estimate of drug-likeness (QED) is 0.627. The largest absolute Gasteiger partial charge is 0.466 e. The van der Waals surface area contributed by atoms with Gasteiger partial charge in [-0.15, -0.1) is 0 Å². The fraction of sp³-hybridized carbons (Fsp3) is 0.438. The maximum Gasteiger partial charge on any atom is 0.310 e. The Balaban J connectivity index is 1.93. The molecule has 5 nitrogen and oxygen atoms in total. The number of carbonyl (C=O) groups excluding carboxylic acids is 2. The van der Waals surface area contributed by atoms with E-state index < -0.39 is 0 Å². The maximum atomic E-state index is 12.2. The SMILES string of the molecule is CCOC(=O)[C@H]1CCCN(C(=O)/C=C/c2cccnc2)C1. The van der Waals surface area contributed by atoms with Gasteiger partial charge in [-0.2, -0.15) is 0 Å². The minimum absolute atomic E-state index is 0.0761. The minimum atomic E-state index is -0.203. The maximum absolute atomic E-state index is 12.2. The molecule has 0 aromatic carbocycles. The number of esters is 1. The zero-order chi connectivity index (χ0) is 15.1. The standard InChI is InChI=1S/C16H20N2O3/c1-2-21-16(20)14-6-4-10-18(12-14)15(19)8-7-13-5-3-9-17-11-13/h3,5,7-9,11,14H,2,4,6,10,12H2,1H3/b8-7+/t14-/m0/s1. The average molecular weight is 288 g/mol. The molecule has 1 saturated heterocycles. The lowest BCUT2D eigenvalue weighted by atomic mass is 9.98. The molecule has 0 spiro atoms. The first kappa shape index (κ1) is 15.2. The van der Waals surface area contributed by atoms with Crippen LogP contribution in [0.4, 0.5) is 0 Å². The average Bonchev–Trinajstić information content (AvgIpc) is 2.54. The molecule has 2 rings (SSSR count). The number of hydrogen-bond acceptors (Lipinski definition) is 4. The molecule has 112 valence electrons. The van der Waals surface area contributed by atoms with E-state index in [1.807, 2.05) is 12.1 Å². The zero-order valence-electron chi connectivity index (χ0n) is 12.2. The third-order valence-corrected chi connectivity index (χ3v) is 3.46. The van der Waals surface area contributed by atoms with E-state index in [1.165, 1.54) is 6.08 Å². The van der Waals surface area contributed by atoms with Crippen LogP contribution in [-0.2, 0) is 14.3 Å². The van der Waals surface area contributed by atoms with Crippen LogP contribution in [0.5, 0.6) is 0 Å². The van der Waals surface area contributed by atoms with Crippen LogP contribution in [0, 0.1) is 5.92 Å². The number of hydrogen-bond donors (Lipinski definition) is 0. The summed E-state index contributed by atoms with van der Waals surface area (Å²) in [6, 6.07) is 3.70. The topological polar surface area (TPSA) is 59.5 Å². The normalized spacial score (nSPS) is 18.7. The van der Waals surface area contributed by atoms with Gasteiger partial charge in [0.1, 0.15) is 0 Å². The van der Waals surface area contributed by atoms with Gasteiger partial charge >= 0.3 is 5.97 Å². The van der Waals surface area contributed by atoms with E-state index in [0.29, 0.717) is 19.7 Å². The second-order valence-electron chi connectivity index (χ2n) is 5.00. The molecule has 1 fully saturated rings. The van der Waals surface area contributed by atoms with Gasteiger partial charge in [-0.1, -0.05) is 6.07 Å². The molecule has 0 unspecified atom stereocenters. The molecular weight excluding hydrogens is 268 g/mol. The fourth-order valence-corrected chi connectivity index (χ4v) is 2.38. The Morgan fingerprint density at radius 3 is 3.10 bits per heavy atom. The lowest BCUT2D eigenvalue weighted by Gasteiger charge is -2.30. The predicted molar refractivity (Wildman–Crippen MR) is 79.2 cm³/mol. The molecule has 1 atom stereocenters. The van der Waals surface area contributed by atoms with E-state index in [0.717, 1.165) is 18.4 Å². The van der Waals surface area contributed by atoms with Crippen LogP contribution in [0.1, 0.15) is 25.3 Å². The van der Waals surface area contributed by atoms with Gasteiger partial charge in [-0.25, -0.2) is 0 Å². The molecule has 2 heterocycles. The Morgan fingerprint density at radius 2 is 2.38 bits per heavy atom. The van der Waals surface area contributed by atoms with Crippen molar-refractivity contribution < 1.29 is 14.3 Å². The van der Waals surface area contributed by atoms with Gasteiger partial charge in [0, 0.05) is 31.6 Å². The summed E-state index contributed by atoms with van der Waals surface area (Å²) in [5, 5.41) is 0. The molecular formula is C16H20N2O3. The van der Waals surface area contributed by atoms with Gasteiger partial charge in [0.2, 0.25) is 5.91 Å². The van der Waals surface area contributed by atoms with Crippen LogP contribution in [0.25, 0.3) is 6.08 Å². The van der Waals surface area contributed by atoms with Gasteiger partial charge < -0.3 is 9.64 Å². The molecule has 5 heteroatoms. The van der Waals surface area contributed by atoms with Crippen molar-refractivity contribution in [3.05, 3.63) is 36.2 Å². The van der Waals surface area contributed by atoms with Crippen LogP contribution in [-0.4, -0.2) is 41.5 Å². The number of aromatic nitrogens is 1. The smallest absolute Gasteiger partial charge is 0.310 e. The van der Waals surface area contributed by atoms with Crippen molar-refractivity contribution in [3.8, 4) is 0 Å². The molecule has 0 bridgehead atoms. The lowest BCUT2D eigenvalue weighted by Crippen LogP contribution is -2.42. The van der Waals surface area contributed by atoms with E-state index >= 15 is 0 Å². The summed E-state index contributed by atoms with van der Waals surface area (Å²) >= 11 is 0. The number of pyridine rings is 1. The molecule has 1 aliphatic heterocycles. The second kappa shape index (κ2) is 7.57. The van der Waals surface area contributed by atoms with Crippen LogP contribution in [0.3, 0.4) is 0 Å². The number of carbonyl (C=O) groups is 2. The molecule has 1 aromatic rings. The Bertz CT molecular complexity index is 514. The first-order chi connectivity index (χ1) is 10.2. The summed E-state index contributed by atoms with van der Waals surface area (Å²) in [5.41, 5.74) is 0.879. The molecule has 0 saturated carbocycles. The highest BCUT2D eigenvalue weighted by Crippen LogP contribution is 2.18. The predicted octanol–water partition coefficient (Wildman–Crippen LogP) is 1.90. The molecule has 1 aliphatic rings. The van der Waals surface area contributed by atoms with E-state index in [-0.39, 0.29) is 17.8 Å². The van der Waals surface area contributed by atoms with Crippen LogP contribution in [0.2, 0.25) is 0 Å². The van der Waals surface area contributed by atoms with Gasteiger partial charge in [0.05, 0.1) is 12.5 Å². The highest BCUT2D eigenvalue weighted by Gasteiger charge is 2.28. The summed E-state index contributed by atoms with van der Waals surface area (Å²) in [7, 11) is 0. The van der Waals surface area contributed by atoms with Gasteiger partial charge in [-0.3, -0.25) is 14.6 Å². The van der Waals surface area contributed by atoms with Gasteiger partial charge in [0.15, 0.2) is 0 Å². The summed E-state index contributed by atoms with van der Waals surface area (Å²) in [6.45, 7) is 3.30. The Hall–Kier alpha value is -2.17. The number of likely N-dealkylation sites (tertiary alicyclic amines) is 1. The summed E-state index contributed by atoms with van der Waals surface area (Å²) < 4.78 is 5.04. The van der Waals surface area contributed by atoms with E-state index in [2.05, 4.69) is 4.98 Å². The number of amides is 1. The molecule has 0 N–H and O–H groups in total. The van der Waals surface area contributed by atoms with Crippen molar-refractivity contribution >= 4 is 18.0 Å². The molecule has 0 radical (unpaired) electrons. The second-order valence-corrected chi connectivity index (χ2v) is 5.00. The van der Waals surface area contributed by atoms with Crippen LogP contribution in [0.15, 0.2) is 30.6 Å². The highest BCUT2D eigenvalue weighted by molar-refractivity contribution is 5.92. The molecule has 0 aliphatic carbocycles. The van der Waals surface area contributed by atoms with Crippen molar-refractivity contribution in [2.24, 2.45) is 5.92 Å². The summed E-state index contributed by atoms with van der Waals surface area (Å²) in [5.74, 6) is -0.478. The number of rotatable bonds is 4. The van der Waals surface area contributed by atoms with Crippen molar-refractivity contribution in [3.63, 3.8) is 0 Å². The molecule has 1 aromatic heterocycles. The van der Waals surface area contributed by atoms with Crippen molar-refractivity contribution in [1.82, 2.24) is 9.88 Å². The molecule has 21 heavy (non-hydrogen) atoms. The Morgan fingerprint density at radius 1 is 1.52 bits per heavy atom. The first-order valence-corrected chi connectivity index (χ1v) is 7.24. The van der Waals surface area contributed by atoms with Crippen molar-refractivity contribution in [2.45, 2.75) is 19.8 Å². The van der Waals surface area contributed by atoms with Crippen LogP contribution < -0.4 is 0 Å². The number of nitrogens with zero attached hydrogens (tertiary/aromatic N) is 2. The fourth-order valence-electron chi connectivity index (χ4n) is 2.38. The molecule has 1 amide bonds. The zero-order valence-corrected chi connectivity index (χ0v) is 12.2.